The minimum absolute atomic E-state index is 0.0830. The van der Waals surface area contributed by atoms with Crippen LogP contribution in [0.5, 0.6) is 0 Å². The van der Waals surface area contributed by atoms with Crippen LogP contribution in [0.3, 0.4) is 0 Å². The van der Waals surface area contributed by atoms with Crippen LogP contribution in [0.25, 0.3) is 0 Å². The van der Waals surface area contributed by atoms with Crippen molar-refractivity contribution in [2.75, 3.05) is 13.9 Å². The Morgan fingerprint density at radius 3 is 2.77 bits per heavy atom. The molecule has 0 amide bonds. The first-order valence-electron chi connectivity index (χ1n) is 3.30. The van der Waals surface area contributed by atoms with E-state index < -0.39 is 0 Å². The summed E-state index contributed by atoms with van der Waals surface area (Å²) in [5.41, 5.74) is 1.26. The van der Waals surface area contributed by atoms with Gasteiger partial charge in [0.2, 0.25) is 0 Å². The van der Waals surface area contributed by atoms with Gasteiger partial charge < -0.3 is 9.47 Å². The number of rotatable bonds is 5. The van der Waals surface area contributed by atoms with Gasteiger partial charge in [-0.15, -0.1) is 0 Å². The smallest absolute Gasteiger partial charge is 0.188 e. The Bertz CT molecular complexity index is 226. The third kappa shape index (κ3) is 6.81. The van der Waals surface area contributed by atoms with E-state index in [0.717, 1.165) is 0 Å². The molecule has 0 aliphatic heterocycles. The third-order valence-corrected chi connectivity index (χ3v) is 1.48. The molecule has 0 saturated carbocycles. The maximum atomic E-state index is 11.9. The van der Waals surface area contributed by atoms with Gasteiger partial charge in [-0.3, -0.25) is 0 Å². The van der Waals surface area contributed by atoms with Gasteiger partial charge in [0.25, 0.3) is 0 Å². The highest BCUT2D eigenvalue weighted by Gasteiger charge is 1.94. The van der Waals surface area contributed by atoms with Crippen LogP contribution in [0.1, 0.15) is 0 Å². The van der Waals surface area contributed by atoms with Gasteiger partial charge in [-0.25, -0.2) is 4.39 Å². The topological polar surface area (TPSA) is 18.5 Å². The fraction of sp³-hybridized carbons (Fsp3) is 0.250. The first-order valence-corrected chi connectivity index (χ1v) is 4.53. The molecular formula is C8H9BrClFO2. The van der Waals surface area contributed by atoms with Gasteiger partial charge in [0.15, 0.2) is 6.79 Å². The second-order valence-corrected chi connectivity index (χ2v) is 3.05. The number of hydrogen-bond donors (Lipinski definition) is 0. The lowest BCUT2D eigenvalue weighted by atomic mass is 10.4. The van der Waals surface area contributed by atoms with E-state index >= 15 is 0 Å². The van der Waals surface area contributed by atoms with Crippen molar-refractivity contribution in [1.82, 2.24) is 0 Å². The van der Waals surface area contributed by atoms with E-state index in [2.05, 4.69) is 20.7 Å². The Kier molecular flexibility index (Phi) is 8.08. The summed E-state index contributed by atoms with van der Waals surface area (Å²) in [6, 6.07) is 0. The predicted octanol–water partition coefficient (Wildman–Crippen LogP) is 3.45. The van der Waals surface area contributed by atoms with E-state index in [1.165, 1.54) is 24.8 Å². The molecule has 2 nitrogen and oxygen atoms in total. The van der Waals surface area contributed by atoms with Gasteiger partial charge in [0.05, 0.1) is 0 Å². The normalized spacial score (nSPS) is 13.8. The molecule has 0 atom stereocenters. The summed E-state index contributed by atoms with van der Waals surface area (Å²) in [7, 11) is 1.49. The SMILES string of the molecule is COCOC(/C=C/Cl)=C/C(Br)=C/F. The monoisotopic (exact) mass is 270 g/mol. The van der Waals surface area contributed by atoms with Gasteiger partial charge in [0.1, 0.15) is 12.1 Å². The maximum Gasteiger partial charge on any atom is 0.188 e. The molecular weight excluding hydrogens is 262 g/mol. The summed E-state index contributed by atoms with van der Waals surface area (Å²) < 4.78 is 21.9. The van der Waals surface area contributed by atoms with Crippen LogP contribution < -0.4 is 0 Å². The van der Waals surface area contributed by atoms with Crippen molar-refractivity contribution < 1.29 is 13.9 Å². The maximum absolute atomic E-state index is 11.9. The number of hydrogen-bond acceptors (Lipinski definition) is 2. The van der Waals surface area contributed by atoms with Crippen molar-refractivity contribution in [3.05, 3.63) is 34.3 Å². The molecule has 0 radical (unpaired) electrons. The van der Waals surface area contributed by atoms with E-state index in [-0.39, 0.29) is 11.3 Å². The Morgan fingerprint density at radius 1 is 1.62 bits per heavy atom. The minimum Gasteiger partial charge on any atom is -0.467 e. The zero-order valence-electron chi connectivity index (χ0n) is 6.97. The molecule has 0 aromatic rings. The predicted molar refractivity (Wildman–Crippen MR) is 54.2 cm³/mol. The molecule has 0 rings (SSSR count). The highest BCUT2D eigenvalue weighted by atomic mass is 79.9. The van der Waals surface area contributed by atoms with E-state index in [4.69, 9.17) is 16.3 Å². The van der Waals surface area contributed by atoms with Crippen molar-refractivity contribution in [3.8, 4) is 0 Å². The van der Waals surface area contributed by atoms with Crippen molar-refractivity contribution in [2.45, 2.75) is 0 Å². The number of halogens is 3. The van der Waals surface area contributed by atoms with Crippen LogP contribution >= 0.6 is 27.5 Å². The molecule has 5 heteroatoms. The lowest BCUT2D eigenvalue weighted by Gasteiger charge is -2.04. The van der Waals surface area contributed by atoms with Crippen LogP contribution in [-0.4, -0.2) is 13.9 Å². The fourth-order valence-electron chi connectivity index (χ4n) is 0.494. The molecule has 0 aliphatic rings. The lowest BCUT2D eigenvalue weighted by Crippen LogP contribution is -1.94. The fourth-order valence-corrected chi connectivity index (χ4v) is 0.844. The summed E-state index contributed by atoms with van der Waals surface area (Å²) in [4.78, 5) is 0. The Hall–Kier alpha value is -0.320. The first kappa shape index (κ1) is 12.7. The van der Waals surface area contributed by atoms with Gasteiger partial charge >= 0.3 is 0 Å². The van der Waals surface area contributed by atoms with Crippen LogP contribution in [0.2, 0.25) is 0 Å². The number of allylic oxidation sites excluding steroid dienone is 3. The Balaban J connectivity index is 4.31. The molecule has 0 spiro atoms. The van der Waals surface area contributed by atoms with Crippen molar-refractivity contribution >= 4 is 27.5 Å². The highest BCUT2D eigenvalue weighted by Crippen LogP contribution is 2.12. The summed E-state index contributed by atoms with van der Waals surface area (Å²) in [6.07, 6.45) is 3.31. The Morgan fingerprint density at radius 2 is 2.31 bits per heavy atom. The third-order valence-electron chi connectivity index (χ3n) is 0.955. The van der Waals surface area contributed by atoms with Gasteiger partial charge in [-0.1, -0.05) is 11.6 Å². The molecule has 74 valence electrons. The molecule has 0 unspecified atom stereocenters. The summed E-state index contributed by atoms with van der Waals surface area (Å²) >= 11 is 8.28. The Labute approximate surface area is 89.8 Å². The summed E-state index contributed by atoms with van der Waals surface area (Å²) in [5.74, 6) is 0.401. The van der Waals surface area contributed by atoms with Crippen LogP contribution in [0, 0.1) is 0 Å². The van der Waals surface area contributed by atoms with Gasteiger partial charge in [0, 0.05) is 17.1 Å². The molecule has 0 aliphatic carbocycles. The van der Waals surface area contributed by atoms with E-state index in [9.17, 15) is 4.39 Å². The molecule has 0 N–H and O–H groups in total. The highest BCUT2D eigenvalue weighted by molar-refractivity contribution is 9.11. The molecule has 0 bridgehead atoms. The van der Waals surface area contributed by atoms with Crippen molar-refractivity contribution in [2.24, 2.45) is 0 Å². The zero-order chi connectivity index (χ0) is 10.1. The number of methoxy groups -OCH3 is 1. The van der Waals surface area contributed by atoms with E-state index in [0.29, 0.717) is 12.1 Å². The minimum atomic E-state index is 0.0830. The van der Waals surface area contributed by atoms with Crippen LogP contribution in [-0.2, 0) is 9.47 Å². The second-order valence-electron chi connectivity index (χ2n) is 1.88. The summed E-state index contributed by atoms with van der Waals surface area (Å²) in [6.45, 7) is 0.0830. The number of ether oxygens (including phenoxy) is 2. The van der Waals surface area contributed by atoms with Crippen molar-refractivity contribution in [1.29, 1.82) is 0 Å². The average Bonchev–Trinajstić information content (AvgIpc) is 2.14. The van der Waals surface area contributed by atoms with E-state index in [1.54, 1.807) is 0 Å². The first-order chi connectivity index (χ1) is 6.24. The molecule has 13 heavy (non-hydrogen) atoms. The lowest BCUT2D eigenvalue weighted by molar-refractivity contribution is 0.0101. The molecule has 0 fully saturated rings. The second kappa shape index (κ2) is 8.29. The van der Waals surface area contributed by atoms with Gasteiger partial charge in [-0.05, 0) is 28.1 Å². The van der Waals surface area contributed by atoms with Gasteiger partial charge in [-0.2, -0.15) is 0 Å². The molecule has 0 aromatic heterocycles. The van der Waals surface area contributed by atoms with Crippen molar-refractivity contribution in [3.63, 3.8) is 0 Å². The quantitative estimate of drug-likeness (QED) is 0.433. The molecule has 0 saturated heterocycles. The average molecular weight is 272 g/mol. The van der Waals surface area contributed by atoms with E-state index in [1.807, 2.05) is 0 Å². The largest absolute Gasteiger partial charge is 0.467 e. The molecule has 0 heterocycles. The zero-order valence-corrected chi connectivity index (χ0v) is 9.31. The van der Waals surface area contributed by atoms with Crippen LogP contribution in [0.4, 0.5) is 4.39 Å². The standard InChI is InChI=1S/C8H9BrClFO2/c1-12-6-13-8(2-3-10)4-7(9)5-11/h2-5H,6H2,1H3/b3-2+,7-5-,8-4+. The van der Waals surface area contributed by atoms with Crippen LogP contribution in [0.15, 0.2) is 34.3 Å². The molecule has 0 aromatic carbocycles. The summed E-state index contributed by atoms with van der Waals surface area (Å²) in [5, 5.41) is 0.